The van der Waals surface area contributed by atoms with Crippen LogP contribution in [0, 0.1) is 29.1 Å². The Labute approximate surface area is 122 Å². The van der Waals surface area contributed by atoms with Gasteiger partial charge < -0.3 is 9.47 Å². The first kappa shape index (κ1) is 10.3. The molecule has 1 aromatic rings. The monoisotopic (exact) mass is 284 g/mol. The van der Waals surface area contributed by atoms with Crippen molar-refractivity contribution in [1.82, 2.24) is 0 Å². The molecule has 0 aromatic heterocycles. The summed E-state index contributed by atoms with van der Waals surface area (Å²) < 4.78 is 13.1. The zero-order chi connectivity index (χ0) is 12.6. The molecule has 2 bridgehead atoms. The number of thioether (sulfide) groups is 1. The lowest BCUT2D eigenvalue weighted by Crippen LogP contribution is -2.36. The second-order valence-electron chi connectivity index (χ2n) is 7.55. The lowest BCUT2D eigenvalue weighted by Gasteiger charge is -2.37. The van der Waals surface area contributed by atoms with E-state index in [4.69, 9.17) is 9.47 Å². The number of benzene rings is 1. The molecule has 1 aromatic carbocycles. The van der Waals surface area contributed by atoms with Crippen molar-refractivity contribution in [3.63, 3.8) is 0 Å². The Hall–Kier alpha value is -0.510. The molecule has 0 N–H and O–H groups in total. The van der Waals surface area contributed by atoms with Crippen LogP contribution >= 0.6 is 11.8 Å². The highest BCUT2D eigenvalue weighted by atomic mass is 32.2. The highest BCUT2D eigenvalue weighted by Gasteiger charge is 2.80. The normalized spacial score (nSPS) is 57.4. The Kier molecular flexibility index (Phi) is 1.47. The molecule has 6 aliphatic rings. The van der Waals surface area contributed by atoms with Crippen LogP contribution < -0.4 is 0 Å². The van der Waals surface area contributed by atoms with Crippen molar-refractivity contribution >= 4 is 11.8 Å². The predicted octanol–water partition coefficient (Wildman–Crippen LogP) is 3.50. The van der Waals surface area contributed by atoms with Crippen LogP contribution in [0.1, 0.15) is 36.2 Å². The van der Waals surface area contributed by atoms with Gasteiger partial charge in [-0.3, -0.25) is 0 Å². The molecule has 8 atom stereocenters. The number of hydrogen-bond donors (Lipinski definition) is 0. The zero-order valence-corrected chi connectivity index (χ0v) is 11.9. The van der Waals surface area contributed by atoms with Gasteiger partial charge in [0, 0.05) is 23.7 Å². The van der Waals surface area contributed by atoms with Crippen LogP contribution in [-0.2, 0) is 9.47 Å². The summed E-state index contributed by atoms with van der Waals surface area (Å²) in [4.78, 5) is 0. The minimum atomic E-state index is 0.361. The quantitative estimate of drug-likeness (QED) is 0.726. The van der Waals surface area contributed by atoms with Gasteiger partial charge in [0.1, 0.15) is 10.9 Å². The van der Waals surface area contributed by atoms with Gasteiger partial charge in [0.05, 0.1) is 12.2 Å². The number of hydrogen-bond acceptors (Lipinski definition) is 3. The van der Waals surface area contributed by atoms with Crippen LogP contribution in [-0.4, -0.2) is 10.9 Å². The van der Waals surface area contributed by atoms with Crippen molar-refractivity contribution in [3.8, 4) is 0 Å². The molecule has 3 saturated heterocycles. The first-order chi connectivity index (χ1) is 9.88. The van der Waals surface area contributed by atoms with E-state index < -0.39 is 0 Å². The Morgan fingerprint density at radius 2 is 1.45 bits per heavy atom. The Morgan fingerprint density at radius 3 is 1.95 bits per heavy atom. The molecule has 0 amide bonds. The number of rotatable bonds is 0. The van der Waals surface area contributed by atoms with Crippen LogP contribution in [0.5, 0.6) is 0 Å². The summed E-state index contributed by atoms with van der Waals surface area (Å²) in [5.41, 5.74) is 4.30. The summed E-state index contributed by atoms with van der Waals surface area (Å²) in [6.07, 6.45) is 3.59. The van der Waals surface area contributed by atoms with Crippen LogP contribution in [0.25, 0.3) is 0 Å². The topological polar surface area (TPSA) is 18.5 Å². The molecule has 1 spiro atoms. The van der Waals surface area contributed by atoms with Crippen molar-refractivity contribution in [3.05, 3.63) is 35.4 Å². The van der Waals surface area contributed by atoms with Gasteiger partial charge in [0.15, 0.2) is 0 Å². The second-order valence-corrected chi connectivity index (χ2v) is 8.76. The SMILES string of the molecule is c1ccc2c(c1)[C@H]1O[C@H]3S[C@H]4O[C@@H]2[C@H]2[C@H]1[C@@H]3C1(CC1)[C@H]24. The van der Waals surface area contributed by atoms with E-state index in [1.807, 2.05) is 11.8 Å². The maximum Gasteiger partial charge on any atom is 0.110 e. The van der Waals surface area contributed by atoms with E-state index in [1.165, 1.54) is 24.0 Å². The van der Waals surface area contributed by atoms with Crippen molar-refractivity contribution in [2.45, 2.75) is 35.9 Å². The van der Waals surface area contributed by atoms with E-state index in [1.54, 1.807) is 0 Å². The van der Waals surface area contributed by atoms with Crippen LogP contribution in [0.15, 0.2) is 24.3 Å². The molecule has 3 aliphatic heterocycles. The first-order valence-electron chi connectivity index (χ1n) is 7.94. The van der Waals surface area contributed by atoms with E-state index >= 15 is 0 Å². The number of fused-ring (bicyclic) bond motifs is 3. The molecular formula is C17H16O2S. The Morgan fingerprint density at radius 1 is 0.900 bits per heavy atom. The van der Waals surface area contributed by atoms with E-state index in [-0.39, 0.29) is 0 Å². The largest absolute Gasteiger partial charge is 0.359 e. The van der Waals surface area contributed by atoms with Crippen LogP contribution in [0.4, 0.5) is 0 Å². The van der Waals surface area contributed by atoms with Gasteiger partial charge in [-0.05, 0) is 29.4 Å². The molecule has 3 heterocycles. The Bertz CT molecular complexity index is 603. The van der Waals surface area contributed by atoms with Crippen molar-refractivity contribution in [2.24, 2.45) is 29.1 Å². The van der Waals surface area contributed by atoms with Gasteiger partial charge in [0.25, 0.3) is 0 Å². The highest BCUT2D eigenvalue weighted by molar-refractivity contribution is 8.00. The summed E-state index contributed by atoms with van der Waals surface area (Å²) in [5.74, 6) is 3.13. The smallest absolute Gasteiger partial charge is 0.110 e. The number of ether oxygens (including phenoxy) is 2. The summed E-state index contributed by atoms with van der Waals surface area (Å²) in [6, 6.07) is 8.91. The third kappa shape index (κ3) is 0.835. The van der Waals surface area contributed by atoms with Crippen LogP contribution in [0.2, 0.25) is 0 Å². The molecule has 3 heteroatoms. The molecular weight excluding hydrogens is 268 g/mol. The third-order valence-electron chi connectivity index (χ3n) is 7.15. The highest BCUT2D eigenvalue weighted by Crippen LogP contribution is 2.84. The predicted molar refractivity (Wildman–Crippen MR) is 74.9 cm³/mol. The average molecular weight is 284 g/mol. The molecule has 20 heavy (non-hydrogen) atoms. The van der Waals surface area contributed by atoms with Gasteiger partial charge in [-0.1, -0.05) is 36.0 Å². The van der Waals surface area contributed by atoms with Gasteiger partial charge in [-0.15, -0.1) is 0 Å². The maximum atomic E-state index is 6.57. The van der Waals surface area contributed by atoms with Crippen molar-refractivity contribution in [2.75, 3.05) is 0 Å². The summed E-state index contributed by atoms with van der Waals surface area (Å²) >= 11 is 2.01. The standard InChI is InChI=1S/C17H16O2S/c1-2-4-8-7(3-1)13-9-10-12-16(19-14(8)10)20-15(18-13)11(9)17(12)5-6-17/h1-4,9-16H,5-6H2/t9-,10-,11-,12+,13+,14-,15-,16+/m0/s1. The van der Waals surface area contributed by atoms with Crippen LogP contribution in [0.3, 0.4) is 0 Å². The fourth-order valence-corrected chi connectivity index (χ4v) is 8.44. The fourth-order valence-electron chi connectivity index (χ4n) is 6.56. The van der Waals surface area contributed by atoms with Gasteiger partial charge in [-0.25, -0.2) is 0 Å². The summed E-state index contributed by atoms with van der Waals surface area (Å²) in [6.45, 7) is 0. The molecule has 0 radical (unpaired) electrons. The molecule has 2 saturated carbocycles. The lowest BCUT2D eigenvalue weighted by atomic mass is 9.72. The second kappa shape index (κ2) is 2.86. The van der Waals surface area contributed by atoms with Gasteiger partial charge in [0.2, 0.25) is 0 Å². The molecule has 3 aliphatic carbocycles. The van der Waals surface area contributed by atoms with E-state index in [9.17, 15) is 0 Å². The minimum absolute atomic E-state index is 0.361. The van der Waals surface area contributed by atoms with Crippen molar-refractivity contribution in [1.29, 1.82) is 0 Å². The van der Waals surface area contributed by atoms with E-state index in [0.29, 0.717) is 28.5 Å². The molecule has 0 unspecified atom stereocenters. The maximum absolute atomic E-state index is 6.57. The van der Waals surface area contributed by atoms with Gasteiger partial charge in [-0.2, -0.15) is 0 Å². The molecule has 5 fully saturated rings. The lowest BCUT2D eigenvalue weighted by molar-refractivity contribution is 0.0165. The van der Waals surface area contributed by atoms with E-state index in [0.717, 1.165) is 23.7 Å². The third-order valence-corrected chi connectivity index (χ3v) is 8.50. The van der Waals surface area contributed by atoms with Crippen molar-refractivity contribution < 1.29 is 9.47 Å². The molecule has 2 nitrogen and oxygen atoms in total. The molecule has 7 rings (SSSR count). The minimum Gasteiger partial charge on any atom is -0.359 e. The Balaban J connectivity index is 1.57. The summed E-state index contributed by atoms with van der Waals surface area (Å²) in [7, 11) is 0. The summed E-state index contributed by atoms with van der Waals surface area (Å²) in [5, 5.41) is 0. The zero-order valence-electron chi connectivity index (χ0n) is 11.1. The fraction of sp³-hybridized carbons (Fsp3) is 0.647. The van der Waals surface area contributed by atoms with Gasteiger partial charge >= 0.3 is 0 Å². The van der Waals surface area contributed by atoms with E-state index in [2.05, 4.69) is 24.3 Å². The first-order valence-corrected chi connectivity index (χ1v) is 8.88. The average Bonchev–Trinajstić information content (AvgIpc) is 2.90. The molecule has 102 valence electrons.